The first kappa shape index (κ1) is 9.78. The van der Waals surface area contributed by atoms with Crippen LogP contribution >= 0.6 is 0 Å². The van der Waals surface area contributed by atoms with Gasteiger partial charge in [-0.05, 0) is 63.1 Å². The average molecular weight is 192 g/mol. The van der Waals surface area contributed by atoms with E-state index in [4.69, 9.17) is 5.73 Å². The van der Waals surface area contributed by atoms with Crippen molar-refractivity contribution in [2.24, 2.45) is 11.7 Å². The summed E-state index contributed by atoms with van der Waals surface area (Å²) in [6.07, 6.45) is 4.95. The van der Waals surface area contributed by atoms with E-state index in [1.165, 1.54) is 42.6 Å². The quantitative estimate of drug-likeness (QED) is 0.740. The highest BCUT2D eigenvalue weighted by atomic mass is 14.7. The Labute approximate surface area is 85.9 Å². The zero-order valence-corrected chi connectivity index (χ0v) is 9.19. The van der Waals surface area contributed by atoms with Gasteiger partial charge >= 0.3 is 0 Å². The number of H-pyrrole nitrogens is 1. The van der Waals surface area contributed by atoms with E-state index in [2.05, 4.69) is 18.8 Å². The number of aromatic nitrogens is 1. The molecule has 14 heavy (non-hydrogen) atoms. The van der Waals surface area contributed by atoms with Crippen LogP contribution in [0.2, 0.25) is 0 Å². The van der Waals surface area contributed by atoms with Gasteiger partial charge in [0.25, 0.3) is 0 Å². The molecule has 2 heteroatoms. The fourth-order valence-corrected chi connectivity index (χ4v) is 2.58. The van der Waals surface area contributed by atoms with E-state index in [1.54, 1.807) is 5.56 Å². The van der Waals surface area contributed by atoms with Gasteiger partial charge in [0.2, 0.25) is 0 Å². The first-order chi connectivity index (χ1) is 6.72. The van der Waals surface area contributed by atoms with Crippen molar-refractivity contribution in [2.75, 3.05) is 6.54 Å². The van der Waals surface area contributed by atoms with Crippen LogP contribution in [0.4, 0.5) is 0 Å². The Morgan fingerprint density at radius 1 is 1.43 bits per heavy atom. The molecule has 0 aromatic carbocycles. The molecule has 1 aliphatic rings. The largest absolute Gasteiger partial charge is 0.362 e. The van der Waals surface area contributed by atoms with E-state index in [-0.39, 0.29) is 0 Å². The standard InChI is InChI=1S/C12H20N2/c1-8-9(2)14-12-7-10(5-6-13)3-4-11(8)12/h10,14H,3-7,13H2,1-2H3. The molecule has 3 N–H and O–H groups in total. The van der Waals surface area contributed by atoms with Gasteiger partial charge in [-0.3, -0.25) is 0 Å². The van der Waals surface area contributed by atoms with Crippen molar-refractivity contribution in [1.82, 2.24) is 4.98 Å². The van der Waals surface area contributed by atoms with Gasteiger partial charge in [-0.15, -0.1) is 0 Å². The Morgan fingerprint density at radius 3 is 2.93 bits per heavy atom. The molecule has 1 heterocycles. The molecule has 2 nitrogen and oxygen atoms in total. The topological polar surface area (TPSA) is 41.8 Å². The maximum atomic E-state index is 5.60. The molecule has 1 aromatic rings. The van der Waals surface area contributed by atoms with Gasteiger partial charge in [0.05, 0.1) is 0 Å². The average Bonchev–Trinajstić information content (AvgIpc) is 2.43. The van der Waals surface area contributed by atoms with E-state index >= 15 is 0 Å². The van der Waals surface area contributed by atoms with Gasteiger partial charge in [-0.1, -0.05) is 0 Å². The third kappa shape index (κ3) is 1.59. The van der Waals surface area contributed by atoms with E-state index in [0.29, 0.717) is 0 Å². The SMILES string of the molecule is Cc1[nH]c2c(c1C)CCC(CCN)C2. The van der Waals surface area contributed by atoms with Gasteiger partial charge in [0.1, 0.15) is 0 Å². The van der Waals surface area contributed by atoms with Crippen molar-refractivity contribution < 1.29 is 0 Å². The second-order valence-electron chi connectivity index (χ2n) is 4.52. The highest BCUT2D eigenvalue weighted by molar-refractivity contribution is 5.37. The molecule has 2 rings (SSSR count). The van der Waals surface area contributed by atoms with Crippen molar-refractivity contribution in [3.05, 3.63) is 22.5 Å². The molecule has 0 saturated carbocycles. The minimum atomic E-state index is 0.810. The molecular formula is C12H20N2. The van der Waals surface area contributed by atoms with Crippen molar-refractivity contribution in [2.45, 2.75) is 39.5 Å². The molecule has 0 aliphatic heterocycles. The zero-order chi connectivity index (χ0) is 10.1. The summed E-state index contributed by atoms with van der Waals surface area (Å²) >= 11 is 0. The molecule has 0 amide bonds. The molecule has 1 aromatic heterocycles. The molecule has 0 bridgehead atoms. The van der Waals surface area contributed by atoms with E-state index in [0.717, 1.165) is 12.5 Å². The third-order valence-corrected chi connectivity index (χ3v) is 3.59. The lowest BCUT2D eigenvalue weighted by molar-refractivity contribution is 0.429. The first-order valence-corrected chi connectivity index (χ1v) is 5.59. The predicted molar refractivity (Wildman–Crippen MR) is 59.5 cm³/mol. The fourth-order valence-electron chi connectivity index (χ4n) is 2.58. The third-order valence-electron chi connectivity index (χ3n) is 3.59. The van der Waals surface area contributed by atoms with Crippen LogP contribution in [0.5, 0.6) is 0 Å². The second-order valence-corrected chi connectivity index (χ2v) is 4.52. The van der Waals surface area contributed by atoms with Crippen LogP contribution in [-0.2, 0) is 12.8 Å². The molecule has 78 valence electrons. The van der Waals surface area contributed by atoms with Crippen LogP contribution < -0.4 is 5.73 Å². The van der Waals surface area contributed by atoms with Crippen LogP contribution in [0.15, 0.2) is 0 Å². The normalized spacial score (nSPS) is 20.9. The van der Waals surface area contributed by atoms with Gasteiger partial charge in [0, 0.05) is 11.4 Å². The van der Waals surface area contributed by atoms with Gasteiger partial charge < -0.3 is 10.7 Å². The number of nitrogens with one attached hydrogen (secondary N) is 1. The minimum Gasteiger partial charge on any atom is -0.362 e. The molecule has 0 spiro atoms. The molecule has 1 aliphatic carbocycles. The molecule has 0 radical (unpaired) electrons. The van der Waals surface area contributed by atoms with Crippen LogP contribution in [0.1, 0.15) is 35.4 Å². The van der Waals surface area contributed by atoms with Gasteiger partial charge in [-0.2, -0.15) is 0 Å². The number of aromatic amines is 1. The summed E-state index contributed by atoms with van der Waals surface area (Å²) < 4.78 is 0. The summed E-state index contributed by atoms with van der Waals surface area (Å²) in [5, 5.41) is 0. The molecular weight excluding hydrogens is 172 g/mol. The summed E-state index contributed by atoms with van der Waals surface area (Å²) in [6, 6.07) is 0. The zero-order valence-electron chi connectivity index (χ0n) is 9.19. The Kier molecular flexibility index (Phi) is 2.64. The van der Waals surface area contributed by atoms with E-state index in [9.17, 15) is 0 Å². The number of rotatable bonds is 2. The van der Waals surface area contributed by atoms with Crippen molar-refractivity contribution >= 4 is 0 Å². The lowest BCUT2D eigenvalue weighted by Gasteiger charge is -2.21. The summed E-state index contributed by atoms with van der Waals surface area (Å²) in [5.41, 5.74) is 11.5. The van der Waals surface area contributed by atoms with Crippen molar-refractivity contribution in [3.8, 4) is 0 Å². The maximum absolute atomic E-state index is 5.60. The highest BCUT2D eigenvalue weighted by Gasteiger charge is 2.21. The number of aryl methyl sites for hydroxylation is 1. The number of fused-ring (bicyclic) bond motifs is 1. The Hall–Kier alpha value is -0.760. The predicted octanol–water partition coefficient (Wildman–Crippen LogP) is 2.09. The molecule has 0 saturated heterocycles. The van der Waals surface area contributed by atoms with Gasteiger partial charge in [0.15, 0.2) is 0 Å². The van der Waals surface area contributed by atoms with Crippen molar-refractivity contribution in [3.63, 3.8) is 0 Å². The van der Waals surface area contributed by atoms with E-state index in [1.807, 2.05) is 0 Å². The number of nitrogens with two attached hydrogens (primary N) is 1. The summed E-state index contributed by atoms with van der Waals surface area (Å²) in [6.45, 7) is 5.23. The Balaban J connectivity index is 2.19. The number of hydrogen-bond donors (Lipinski definition) is 2. The molecule has 1 atom stereocenters. The maximum Gasteiger partial charge on any atom is 0.0187 e. The monoisotopic (exact) mass is 192 g/mol. The highest BCUT2D eigenvalue weighted by Crippen LogP contribution is 2.30. The first-order valence-electron chi connectivity index (χ1n) is 5.59. The number of hydrogen-bond acceptors (Lipinski definition) is 1. The summed E-state index contributed by atoms with van der Waals surface area (Å²) in [4.78, 5) is 3.51. The van der Waals surface area contributed by atoms with Crippen LogP contribution in [-0.4, -0.2) is 11.5 Å². The van der Waals surface area contributed by atoms with Crippen LogP contribution in [0.25, 0.3) is 0 Å². The molecule has 1 unspecified atom stereocenters. The van der Waals surface area contributed by atoms with Crippen molar-refractivity contribution in [1.29, 1.82) is 0 Å². The van der Waals surface area contributed by atoms with E-state index < -0.39 is 0 Å². The second kappa shape index (κ2) is 3.77. The lowest BCUT2D eigenvalue weighted by atomic mass is 9.85. The fraction of sp³-hybridized carbons (Fsp3) is 0.667. The summed E-state index contributed by atoms with van der Waals surface area (Å²) in [5.74, 6) is 0.810. The minimum absolute atomic E-state index is 0.810. The van der Waals surface area contributed by atoms with Gasteiger partial charge in [-0.25, -0.2) is 0 Å². The summed E-state index contributed by atoms with van der Waals surface area (Å²) in [7, 11) is 0. The Bertz CT molecular complexity index is 325. The van der Waals surface area contributed by atoms with Crippen LogP contribution in [0, 0.1) is 19.8 Å². The van der Waals surface area contributed by atoms with Crippen LogP contribution in [0.3, 0.4) is 0 Å². The lowest BCUT2D eigenvalue weighted by Crippen LogP contribution is -2.17. The smallest absolute Gasteiger partial charge is 0.0187 e. The Morgan fingerprint density at radius 2 is 2.21 bits per heavy atom. The molecule has 0 fully saturated rings.